The van der Waals surface area contributed by atoms with Crippen LogP contribution in [0.3, 0.4) is 0 Å². The molecule has 1 aromatic carbocycles. The van der Waals surface area contributed by atoms with Crippen LogP contribution in [0.2, 0.25) is 0 Å². The van der Waals surface area contributed by atoms with Crippen molar-refractivity contribution in [3.63, 3.8) is 0 Å². The van der Waals surface area contributed by atoms with E-state index in [1.807, 2.05) is 0 Å². The highest BCUT2D eigenvalue weighted by atomic mass is 19.1. The van der Waals surface area contributed by atoms with Gasteiger partial charge in [-0.05, 0) is 31.4 Å². The fourth-order valence-corrected chi connectivity index (χ4v) is 2.27. The monoisotopic (exact) mass is 284 g/mol. The fourth-order valence-electron chi connectivity index (χ4n) is 2.27. The van der Waals surface area contributed by atoms with Crippen molar-refractivity contribution < 1.29 is 23.5 Å². The van der Waals surface area contributed by atoms with E-state index < -0.39 is 29.2 Å². The number of benzene rings is 1. The second-order valence-electron chi connectivity index (χ2n) is 4.94. The van der Waals surface area contributed by atoms with Crippen molar-refractivity contribution in [1.29, 1.82) is 0 Å². The highest BCUT2D eigenvalue weighted by molar-refractivity contribution is 5.90. The zero-order valence-electron chi connectivity index (χ0n) is 10.6. The van der Waals surface area contributed by atoms with E-state index in [4.69, 9.17) is 5.11 Å². The normalized spacial score (nSPS) is 16.1. The minimum atomic E-state index is -0.998. The first kappa shape index (κ1) is 14.2. The van der Waals surface area contributed by atoms with Gasteiger partial charge in [0.2, 0.25) is 0 Å². The Bertz CT molecular complexity index is 524. The number of carboxylic acid groups (broad SMARTS) is 1. The molecule has 0 saturated heterocycles. The summed E-state index contributed by atoms with van der Waals surface area (Å²) >= 11 is 0. The Balaban J connectivity index is 1.99. The van der Waals surface area contributed by atoms with Crippen molar-refractivity contribution in [2.24, 2.45) is 0 Å². The Hall–Kier alpha value is -2.18. The van der Waals surface area contributed by atoms with Gasteiger partial charge in [0.25, 0.3) is 0 Å². The molecule has 1 aromatic rings. The Morgan fingerprint density at radius 1 is 1.20 bits per heavy atom. The van der Waals surface area contributed by atoms with E-state index in [9.17, 15) is 18.4 Å². The van der Waals surface area contributed by atoms with Crippen LogP contribution in [-0.2, 0) is 4.79 Å². The van der Waals surface area contributed by atoms with Crippen LogP contribution in [0.25, 0.3) is 0 Å². The molecule has 0 atom stereocenters. The van der Waals surface area contributed by atoms with Gasteiger partial charge in [-0.25, -0.2) is 13.6 Å². The zero-order chi connectivity index (χ0) is 14.8. The second-order valence-corrected chi connectivity index (χ2v) is 4.94. The van der Waals surface area contributed by atoms with E-state index in [0.717, 1.165) is 18.6 Å². The van der Waals surface area contributed by atoms with Crippen LogP contribution in [0.4, 0.5) is 19.3 Å². The first-order valence-electron chi connectivity index (χ1n) is 6.16. The van der Waals surface area contributed by atoms with Gasteiger partial charge in [-0.15, -0.1) is 0 Å². The van der Waals surface area contributed by atoms with E-state index >= 15 is 0 Å². The first-order valence-corrected chi connectivity index (χ1v) is 6.16. The number of anilines is 1. The fraction of sp³-hybridized carbons (Fsp3) is 0.385. The molecule has 3 N–H and O–H groups in total. The van der Waals surface area contributed by atoms with Gasteiger partial charge in [0, 0.05) is 11.8 Å². The van der Waals surface area contributed by atoms with Crippen molar-refractivity contribution in [3.05, 3.63) is 29.8 Å². The van der Waals surface area contributed by atoms with Crippen molar-refractivity contribution in [3.8, 4) is 0 Å². The molecule has 0 aliphatic heterocycles. The van der Waals surface area contributed by atoms with Gasteiger partial charge in [0.05, 0.1) is 12.0 Å². The van der Waals surface area contributed by atoms with Gasteiger partial charge in [0.1, 0.15) is 11.6 Å². The molecular weight excluding hydrogens is 270 g/mol. The smallest absolute Gasteiger partial charge is 0.319 e. The summed E-state index contributed by atoms with van der Waals surface area (Å²) in [5.74, 6) is -2.60. The third-order valence-corrected chi connectivity index (χ3v) is 3.30. The van der Waals surface area contributed by atoms with Gasteiger partial charge in [-0.2, -0.15) is 0 Å². The van der Waals surface area contributed by atoms with E-state index in [1.54, 1.807) is 0 Å². The number of amides is 2. The molecule has 1 aliphatic rings. The largest absolute Gasteiger partial charge is 0.481 e. The van der Waals surface area contributed by atoms with Gasteiger partial charge in [0.15, 0.2) is 0 Å². The molecule has 2 rings (SSSR count). The van der Waals surface area contributed by atoms with Crippen molar-refractivity contribution in [2.45, 2.75) is 31.2 Å². The lowest BCUT2D eigenvalue weighted by atomic mass is 9.74. The molecule has 0 heterocycles. The lowest BCUT2D eigenvalue weighted by molar-refractivity contribution is -0.139. The third kappa shape index (κ3) is 3.43. The molecule has 1 saturated carbocycles. The van der Waals surface area contributed by atoms with Crippen molar-refractivity contribution in [1.82, 2.24) is 5.32 Å². The van der Waals surface area contributed by atoms with E-state index in [-0.39, 0.29) is 12.1 Å². The standard InChI is InChI=1S/C13H14F2N2O3/c14-8-4-9(15)6-10(5-8)16-12(20)17-13(2-1-3-13)7-11(18)19/h4-6H,1-3,7H2,(H,18,19)(H2,16,17,20). The molecule has 1 aliphatic carbocycles. The number of hydrogen-bond acceptors (Lipinski definition) is 2. The summed E-state index contributed by atoms with van der Waals surface area (Å²) < 4.78 is 26.0. The van der Waals surface area contributed by atoms with Crippen LogP contribution in [0.1, 0.15) is 25.7 Å². The average Bonchev–Trinajstić information content (AvgIpc) is 2.23. The van der Waals surface area contributed by atoms with Crippen LogP contribution in [0, 0.1) is 11.6 Å². The highest BCUT2D eigenvalue weighted by Gasteiger charge is 2.40. The minimum absolute atomic E-state index is 0.0233. The Morgan fingerprint density at radius 2 is 1.80 bits per heavy atom. The van der Waals surface area contributed by atoms with Crippen molar-refractivity contribution >= 4 is 17.7 Å². The number of aliphatic carboxylic acids is 1. The first-order chi connectivity index (χ1) is 9.38. The second kappa shape index (κ2) is 5.44. The number of halogens is 2. The van der Waals surface area contributed by atoms with Crippen LogP contribution in [0.5, 0.6) is 0 Å². The average molecular weight is 284 g/mol. The Morgan fingerprint density at radius 3 is 2.25 bits per heavy atom. The molecule has 2 amide bonds. The summed E-state index contributed by atoms with van der Waals surface area (Å²) in [6.07, 6.45) is 1.81. The molecule has 108 valence electrons. The van der Waals surface area contributed by atoms with Crippen LogP contribution in [0.15, 0.2) is 18.2 Å². The number of nitrogens with one attached hydrogen (secondary N) is 2. The summed E-state index contributed by atoms with van der Waals surface area (Å²) in [5, 5.41) is 13.7. The summed E-state index contributed by atoms with van der Waals surface area (Å²) in [4.78, 5) is 22.5. The summed E-state index contributed by atoms with van der Waals surface area (Å²) in [6.45, 7) is 0. The molecule has 0 aromatic heterocycles. The highest BCUT2D eigenvalue weighted by Crippen LogP contribution is 2.35. The Kier molecular flexibility index (Phi) is 3.87. The molecule has 1 fully saturated rings. The number of hydrogen-bond donors (Lipinski definition) is 3. The maximum Gasteiger partial charge on any atom is 0.319 e. The Labute approximate surface area is 114 Å². The van der Waals surface area contributed by atoms with E-state index in [1.165, 1.54) is 0 Å². The molecule has 20 heavy (non-hydrogen) atoms. The number of carbonyl (C=O) groups excluding carboxylic acids is 1. The van der Waals surface area contributed by atoms with Gasteiger partial charge in [-0.3, -0.25) is 4.79 Å². The molecular formula is C13H14F2N2O3. The lowest BCUT2D eigenvalue weighted by Crippen LogP contribution is -2.55. The van der Waals surface area contributed by atoms with E-state index in [0.29, 0.717) is 18.9 Å². The number of carboxylic acids is 1. The third-order valence-electron chi connectivity index (χ3n) is 3.30. The van der Waals surface area contributed by atoms with E-state index in [2.05, 4.69) is 10.6 Å². The number of carbonyl (C=O) groups is 2. The van der Waals surface area contributed by atoms with Crippen LogP contribution >= 0.6 is 0 Å². The summed E-state index contributed by atoms with van der Waals surface area (Å²) in [5.41, 5.74) is -0.785. The minimum Gasteiger partial charge on any atom is -0.481 e. The van der Waals surface area contributed by atoms with Gasteiger partial charge < -0.3 is 15.7 Å². The molecule has 0 spiro atoms. The summed E-state index contributed by atoms with van der Waals surface area (Å²) in [7, 11) is 0. The number of rotatable bonds is 4. The molecule has 0 radical (unpaired) electrons. The van der Waals surface area contributed by atoms with Crippen LogP contribution < -0.4 is 10.6 Å². The molecule has 5 nitrogen and oxygen atoms in total. The quantitative estimate of drug-likeness (QED) is 0.794. The number of urea groups is 1. The molecule has 7 heteroatoms. The predicted octanol–water partition coefficient (Wildman–Crippen LogP) is 2.48. The maximum atomic E-state index is 13.0. The molecule has 0 unspecified atom stereocenters. The molecule has 0 bridgehead atoms. The van der Waals surface area contributed by atoms with Crippen molar-refractivity contribution in [2.75, 3.05) is 5.32 Å². The predicted molar refractivity (Wildman–Crippen MR) is 67.3 cm³/mol. The van der Waals surface area contributed by atoms with Crippen LogP contribution in [-0.4, -0.2) is 22.6 Å². The van der Waals surface area contributed by atoms with Gasteiger partial charge in [-0.1, -0.05) is 0 Å². The van der Waals surface area contributed by atoms with Gasteiger partial charge >= 0.3 is 12.0 Å². The summed E-state index contributed by atoms with van der Waals surface area (Å²) in [6, 6.07) is 1.98. The zero-order valence-corrected chi connectivity index (χ0v) is 10.6. The topological polar surface area (TPSA) is 78.4 Å². The lowest BCUT2D eigenvalue weighted by Gasteiger charge is -2.41. The SMILES string of the molecule is O=C(O)CC1(NC(=O)Nc2cc(F)cc(F)c2)CCC1. The maximum absolute atomic E-state index is 13.0.